The quantitative estimate of drug-likeness (QED) is 0.335. The lowest BCUT2D eigenvalue weighted by molar-refractivity contribution is 0.0698. The van der Waals surface area contributed by atoms with Gasteiger partial charge in [-0.25, -0.2) is 9.59 Å². The number of rotatable bonds is 6. The number of urea groups is 1. The van der Waals surface area contributed by atoms with E-state index in [4.69, 9.17) is 5.26 Å². The van der Waals surface area contributed by atoms with E-state index in [1.165, 1.54) is 18.2 Å². The minimum absolute atomic E-state index is 0.0744. The molecule has 0 unspecified atom stereocenters. The summed E-state index contributed by atoms with van der Waals surface area (Å²) in [6.45, 7) is 0.361. The Hall–Kier alpha value is -5.10. The zero-order valence-corrected chi connectivity index (χ0v) is 18.7. The molecule has 0 aliphatic rings. The van der Waals surface area contributed by atoms with Gasteiger partial charge in [0.1, 0.15) is 5.69 Å². The van der Waals surface area contributed by atoms with Gasteiger partial charge in [0.2, 0.25) is 0 Å². The average molecular weight is 467 g/mol. The number of benzene rings is 3. The minimum atomic E-state index is -1.26. The van der Waals surface area contributed by atoms with Crippen LogP contribution in [-0.2, 0) is 13.6 Å². The highest BCUT2D eigenvalue weighted by Crippen LogP contribution is 2.27. The number of carbonyl (C=O) groups is 3. The summed E-state index contributed by atoms with van der Waals surface area (Å²) in [6.07, 6.45) is 0. The molecule has 0 aliphatic heterocycles. The van der Waals surface area contributed by atoms with Crippen molar-refractivity contribution in [1.29, 1.82) is 5.26 Å². The summed E-state index contributed by atoms with van der Waals surface area (Å²) in [4.78, 5) is 37.1. The van der Waals surface area contributed by atoms with Crippen LogP contribution in [0.15, 0.2) is 72.8 Å². The first-order chi connectivity index (χ1) is 16.9. The number of hydrogen-bond donors (Lipinski definition) is 4. The van der Waals surface area contributed by atoms with Crippen LogP contribution in [0.2, 0.25) is 0 Å². The molecule has 0 spiro atoms. The van der Waals surface area contributed by atoms with E-state index in [2.05, 4.69) is 16.0 Å². The molecule has 0 bridgehead atoms. The van der Waals surface area contributed by atoms with E-state index in [1.54, 1.807) is 29.8 Å². The number of aromatic carboxylic acids is 1. The Morgan fingerprint density at radius 2 is 1.71 bits per heavy atom. The lowest BCUT2D eigenvalue weighted by Gasteiger charge is -2.12. The largest absolute Gasteiger partial charge is 0.478 e. The molecule has 4 rings (SSSR count). The first-order valence-electron chi connectivity index (χ1n) is 10.6. The molecule has 0 atom stereocenters. The third kappa shape index (κ3) is 4.96. The second-order valence-electron chi connectivity index (χ2n) is 7.76. The molecule has 35 heavy (non-hydrogen) atoms. The van der Waals surface area contributed by atoms with E-state index < -0.39 is 17.9 Å². The number of carboxylic acid groups (broad SMARTS) is 1. The van der Waals surface area contributed by atoms with E-state index in [-0.39, 0.29) is 22.5 Å². The van der Waals surface area contributed by atoms with Crippen LogP contribution in [0.25, 0.3) is 10.9 Å². The summed E-state index contributed by atoms with van der Waals surface area (Å²) in [7, 11) is 1.68. The van der Waals surface area contributed by atoms with Gasteiger partial charge >= 0.3 is 12.0 Å². The molecule has 1 aromatic heterocycles. The molecule has 0 fully saturated rings. The predicted molar refractivity (Wildman–Crippen MR) is 131 cm³/mol. The Balaban J connectivity index is 1.57. The summed E-state index contributed by atoms with van der Waals surface area (Å²) in [5, 5.41) is 27.4. The third-order valence-corrected chi connectivity index (χ3v) is 5.46. The number of carboxylic acids is 1. The first kappa shape index (κ1) is 23.1. The van der Waals surface area contributed by atoms with Gasteiger partial charge in [-0.2, -0.15) is 5.26 Å². The third-order valence-electron chi connectivity index (χ3n) is 5.46. The van der Waals surface area contributed by atoms with E-state index in [1.807, 2.05) is 42.5 Å². The van der Waals surface area contributed by atoms with E-state index in [9.17, 15) is 19.5 Å². The van der Waals surface area contributed by atoms with E-state index in [0.29, 0.717) is 17.7 Å². The smallest absolute Gasteiger partial charge is 0.337 e. The molecule has 0 radical (unpaired) electrons. The number of aryl methyl sites for hydroxylation is 1. The van der Waals surface area contributed by atoms with Crippen molar-refractivity contribution in [2.45, 2.75) is 6.54 Å². The molecule has 174 valence electrons. The molecule has 9 nitrogen and oxygen atoms in total. The molecule has 3 aromatic carbocycles. The zero-order chi connectivity index (χ0) is 24.9. The van der Waals surface area contributed by atoms with Crippen molar-refractivity contribution in [1.82, 2.24) is 9.88 Å². The fourth-order valence-electron chi connectivity index (χ4n) is 3.77. The maximum absolute atomic E-state index is 13.0. The van der Waals surface area contributed by atoms with Crippen LogP contribution >= 0.6 is 0 Å². The number of para-hydroxylation sites is 1. The number of nitriles is 1. The van der Waals surface area contributed by atoms with Crippen LogP contribution in [-0.4, -0.2) is 27.6 Å². The molecule has 0 saturated carbocycles. The van der Waals surface area contributed by atoms with Crippen molar-refractivity contribution >= 4 is 40.2 Å². The minimum Gasteiger partial charge on any atom is -0.478 e. The molecular formula is C26H21N5O4. The van der Waals surface area contributed by atoms with Gasteiger partial charge in [-0.3, -0.25) is 4.79 Å². The van der Waals surface area contributed by atoms with E-state index in [0.717, 1.165) is 10.9 Å². The van der Waals surface area contributed by atoms with Gasteiger partial charge in [0.05, 0.1) is 34.1 Å². The summed E-state index contributed by atoms with van der Waals surface area (Å²) < 4.78 is 1.63. The number of fused-ring (bicyclic) bond motifs is 1. The molecule has 4 aromatic rings. The topological polar surface area (TPSA) is 136 Å². The maximum atomic E-state index is 13.0. The molecule has 1 heterocycles. The number of amides is 3. The van der Waals surface area contributed by atoms with Crippen LogP contribution in [0, 0.1) is 11.3 Å². The number of anilines is 2. The van der Waals surface area contributed by atoms with Gasteiger partial charge in [-0.15, -0.1) is 0 Å². The summed E-state index contributed by atoms with van der Waals surface area (Å²) in [5.41, 5.74) is 2.43. The number of nitrogens with zero attached hydrogens (tertiary/aromatic N) is 2. The van der Waals surface area contributed by atoms with Crippen LogP contribution in [0.4, 0.5) is 16.2 Å². The monoisotopic (exact) mass is 467 g/mol. The standard InChI is InChI=1S/C26H21N5O4/c1-31-22(24(32)29-20-11-10-17(14-27)12-19(20)25(33)34)13-18-8-5-9-21(23(18)31)30-26(35)28-15-16-6-3-2-4-7-16/h2-13H,15H2,1H3,(H,29,32)(H,33,34)(H2,28,30,35). The lowest BCUT2D eigenvalue weighted by atomic mass is 10.1. The van der Waals surface area contributed by atoms with Crippen molar-refractivity contribution in [2.24, 2.45) is 7.05 Å². The Labute approximate surface area is 200 Å². The average Bonchev–Trinajstić information content (AvgIpc) is 3.21. The second kappa shape index (κ2) is 9.80. The summed E-state index contributed by atoms with van der Waals surface area (Å²) in [5.74, 6) is -1.79. The van der Waals surface area contributed by atoms with Crippen molar-refractivity contribution in [3.63, 3.8) is 0 Å². The van der Waals surface area contributed by atoms with Gasteiger partial charge in [0.25, 0.3) is 5.91 Å². The molecular weight excluding hydrogens is 446 g/mol. The SMILES string of the molecule is Cn1c(C(=O)Nc2ccc(C#N)cc2C(=O)O)cc2cccc(NC(=O)NCc3ccccc3)c21. The van der Waals surface area contributed by atoms with Gasteiger partial charge in [-0.05, 0) is 35.9 Å². The number of aromatic nitrogens is 1. The molecule has 3 amide bonds. The fraction of sp³-hybridized carbons (Fsp3) is 0.0769. The molecule has 0 saturated heterocycles. The van der Waals surface area contributed by atoms with Crippen molar-refractivity contribution in [3.8, 4) is 6.07 Å². The van der Waals surface area contributed by atoms with Crippen molar-refractivity contribution in [2.75, 3.05) is 10.6 Å². The van der Waals surface area contributed by atoms with Gasteiger partial charge in [-0.1, -0.05) is 42.5 Å². The highest BCUT2D eigenvalue weighted by molar-refractivity contribution is 6.11. The number of hydrogen-bond acceptors (Lipinski definition) is 4. The van der Waals surface area contributed by atoms with Crippen LogP contribution in [0.5, 0.6) is 0 Å². The molecule has 0 aliphatic carbocycles. The molecule has 4 N–H and O–H groups in total. The Bertz CT molecular complexity index is 1490. The van der Waals surface area contributed by atoms with Gasteiger partial charge in [0.15, 0.2) is 0 Å². The first-order valence-corrected chi connectivity index (χ1v) is 10.6. The van der Waals surface area contributed by atoms with E-state index >= 15 is 0 Å². The van der Waals surface area contributed by atoms with Crippen molar-refractivity contribution in [3.05, 3.63) is 95.2 Å². The highest BCUT2D eigenvalue weighted by atomic mass is 16.4. The Morgan fingerprint density at radius 1 is 0.943 bits per heavy atom. The van der Waals surface area contributed by atoms with Crippen LogP contribution in [0.1, 0.15) is 32.0 Å². The normalized spacial score (nSPS) is 10.4. The predicted octanol–water partition coefficient (Wildman–Crippen LogP) is 4.32. The summed E-state index contributed by atoms with van der Waals surface area (Å²) in [6, 6.07) is 22.0. The Kier molecular flexibility index (Phi) is 6.46. The number of carbonyl (C=O) groups excluding carboxylic acids is 2. The summed E-state index contributed by atoms with van der Waals surface area (Å²) >= 11 is 0. The fourth-order valence-corrected chi connectivity index (χ4v) is 3.77. The van der Waals surface area contributed by atoms with Gasteiger partial charge in [0, 0.05) is 19.0 Å². The van der Waals surface area contributed by atoms with Crippen LogP contribution in [0.3, 0.4) is 0 Å². The zero-order valence-electron chi connectivity index (χ0n) is 18.7. The lowest BCUT2D eigenvalue weighted by Crippen LogP contribution is -2.28. The Morgan fingerprint density at radius 3 is 2.43 bits per heavy atom. The second-order valence-corrected chi connectivity index (χ2v) is 7.76. The maximum Gasteiger partial charge on any atom is 0.337 e. The van der Waals surface area contributed by atoms with Crippen LogP contribution < -0.4 is 16.0 Å². The number of nitrogens with one attached hydrogen (secondary N) is 3. The van der Waals surface area contributed by atoms with Gasteiger partial charge < -0.3 is 25.6 Å². The van der Waals surface area contributed by atoms with Crippen molar-refractivity contribution < 1.29 is 19.5 Å². The highest BCUT2D eigenvalue weighted by Gasteiger charge is 2.19. The molecule has 9 heteroatoms.